The minimum atomic E-state index is -3.74. The van der Waals surface area contributed by atoms with Gasteiger partial charge < -0.3 is 20.4 Å². The molecule has 0 amide bonds. The Kier molecular flexibility index (Phi) is 2.52. The van der Waals surface area contributed by atoms with Gasteiger partial charge in [0.2, 0.25) is 10.0 Å². The highest BCUT2D eigenvalue weighted by atomic mass is 32.2. The predicted molar refractivity (Wildman–Crippen MR) is 76.3 cm³/mol. The fraction of sp³-hybridized carbons (Fsp3) is 0.0769. The van der Waals surface area contributed by atoms with E-state index < -0.39 is 33.0 Å². The van der Waals surface area contributed by atoms with Crippen LogP contribution in [0.5, 0.6) is 23.0 Å². The molecule has 7 nitrogen and oxygen atoms in total. The van der Waals surface area contributed by atoms with E-state index in [0.717, 1.165) is 22.4 Å². The molecule has 0 aliphatic heterocycles. The number of aromatic nitrogens is 1. The van der Waals surface area contributed by atoms with Crippen LogP contribution in [0.3, 0.4) is 0 Å². The molecule has 4 N–H and O–H groups in total. The van der Waals surface area contributed by atoms with Crippen molar-refractivity contribution in [3.8, 4) is 23.0 Å². The lowest BCUT2D eigenvalue weighted by Gasteiger charge is -2.05. The zero-order valence-electron chi connectivity index (χ0n) is 10.8. The summed E-state index contributed by atoms with van der Waals surface area (Å²) < 4.78 is 24.9. The van der Waals surface area contributed by atoms with Gasteiger partial charge in [-0.3, -0.25) is 0 Å². The largest absolute Gasteiger partial charge is 0.504 e. The average molecular weight is 309 g/mol. The van der Waals surface area contributed by atoms with Gasteiger partial charge in [-0.15, -0.1) is 0 Å². The van der Waals surface area contributed by atoms with Crippen LogP contribution in [0, 0.1) is 0 Å². The van der Waals surface area contributed by atoms with Gasteiger partial charge in [-0.05, 0) is 12.1 Å². The molecule has 1 aromatic heterocycles. The summed E-state index contributed by atoms with van der Waals surface area (Å²) in [5, 5.41) is 39.0. The van der Waals surface area contributed by atoms with E-state index in [2.05, 4.69) is 0 Å². The fourth-order valence-electron chi connectivity index (χ4n) is 2.39. The number of nitrogens with zero attached hydrogens (tertiary/aromatic N) is 1. The summed E-state index contributed by atoms with van der Waals surface area (Å²) in [5.41, 5.74) is 0.264. The van der Waals surface area contributed by atoms with Crippen LogP contribution in [0.15, 0.2) is 24.3 Å². The summed E-state index contributed by atoms with van der Waals surface area (Å²) in [6.07, 6.45) is 0.972. The van der Waals surface area contributed by atoms with Crippen molar-refractivity contribution >= 4 is 31.8 Å². The molecule has 110 valence electrons. The van der Waals surface area contributed by atoms with Gasteiger partial charge in [0.1, 0.15) is 0 Å². The molecule has 0 spiro atoms. The number of rotatable bonds is 1. The number of phenolic OH excluding ortho intramolecular Hbond substituents is 4. The Hall–Kier alpha value is -2.61. The maximum Gasteiger partial charge on any atom is 0.236 e. The molecule has 0 atom stereocenters. The van der Waals surface area contributed by atoms with Crippen molar-refractivity contribution in [3.05, 3.63) is 24.3 Å². The van der Waals surface area contributed by atoms with E-state index in [4.69, 9.17) is 0 Å². The topological polar surface area (TPSA) is 120 Å². The average Bonchev–Trinajstić information content (AvgIpc) is 2.64. The first-order valence-electron chi connectivity index (χ1n) is 5.83. The van der Waals surface area contributed by atoms with Crippen LogP contribution in [0.1, 0.15) is 0 Å². The highest BCUT2D eigenvalue weighted by Gasteiger charge is 2.20. The van der Waals surface area contributed by atoms with Gasteiger partial charge in [-0.1, -0.05) is 0 Å². The second-order valence-electron chi connectivity index (χ2n) is 4.74. The van der Waals surface area contributed by atoms with Gasteiger partial charge in [0.05, 0.1) is 17.3 Å². The molecule has 0 unspecified atom stereocenters. The van der Waals surface area contributed by atoms with Crippen molar-refractivity contribution in [2.24, 2.45) is 0 Å². The first-order valence-corrected chi connectivity index (χ1v) is 7.67. The van der Waals surface area contributed by atoms with E-state index in [-0.39, 0.29) is 11.0 Å². The smallest absolute Gasteiger partial charge is 0.236 e. The molecule has 0 bridgehead atoms. The Morgan fingerprint density at radius 2 is 1.10 bits per heavy atom. The fourth-order valence-corrected chi connectivity index (χ4v) is 3.40. The molecule has 3 aromatic rings. The lowest BCUT2D eigenvalue weighted by atomic mass is 10.1. The molecule has 0 saturated carbocycles. The standard InChI is InChI=1S/C13H11NO6S/c1-21(19,20)14-8-4-12(17)10(15)2-6(8)7-3-11(16)13(18)5-9(7)14/h2-5,15-18H,1H3. The molecule has 21 heavy (non-hydrogen) atoms. The Morgan fingerprint density at radius 1 is 0.762 bits per heavy atom. The molecule has 0 radical (unpaired) electrons. The Bertz CT molecular complexity index is 938. The second kappa shape index (κ2) is 3.95. The molecule has 8 heteroatoms. The number of benzene rings is 2. The molecule has 0 aliphatic carbocycles. The third-order valence-corrected chi connectivity index (χ3v) is 4.30. The van der Waals surface area contributed by atoms with Crippen molar-refractivity contribution in [3.63, 3.8) is 0 Å². The van der Waals surface area contributed by atoms with E-state index in [0.29, 0.717) is 10.8 Å². The highest BCUT2D eigenvalue weighted by Crippen LogP contribution is 2.40. The van der Waals surface area contributed by atoms with Gasteiger partial charge in [-0.2, -0.15) is 0 Å². The highest BCUT2D eigenvalue weighted by molar-refractivity contribution is 7.89. The number of phenols is 4. The summed E-state index contributed by atoms with van der Waals surface area (Å²) in [7, 11) is -3.74. The van der Waals surface area contributed by atoms with Crippen LogP contribution >= 0.6 is 0 Å². The van der Waals surface area contributed by atoms with Crippen LogP contribution in [-0.4, -0.2) is 39.1 Å². The maximum absolute atomic E-state index is 12.0. The lowest BCUT2D eigenvalue weighted by molar-refractivity contribution is 0.404. The summed E-state index contributed by atoms with van der Waals surface area (Å²) in [6.45, 7) is 0. The van der Waals surface area contributed by atoms with Crippen molar-refractivity contribution in [2.45, 2.75) is 0 Å². The van der Waals surface area contributed by atoms with E-state index in [1.807, 2.05) is 0 Å². The molecular formula is C13H11NO6S. The summed E-state index contributed by atoms with van der Waals surface area (Å²) >= 11 is 0. The first-order chi connectivity index (χ1) is 9.70. The Morgan fingerprint density at radius 3 is 1.43 bits per heavy atom. The normalized spacial score (nSPS) is 12.2. The Balaban J connectivity index is 2.68. The zero-order valence-corrected chi connectivity index (χ0v) is 11.6. The zero-order chi connectivity index (χ0) is 15.5. The summed E-state index contributed by atoms with van der Waals surface area (Å²) in [5.74, 6) is -1.77. The lowest BCUT2D eigenvalue weighted by Crippen LogP contribution is -2.09. The van der Waals surface area contributed by atoms with E-state index in [1.165, 1.54) is 12.1 Å². The number of hydrogen-bond donors (Lipinski definition) is 4. The third-order valence-electron chi connectivity index (χ3n) is 3.25. The SMILES string of the molecule is CS(=O)(=O)n1c2cc(O)c(O)cc2c2cc(O)c(O)cc21. The molecule has 0 fully saturated rings. The second-order valence-corrected chi connectivity index (χ2v) is 6.57. The monoisotopic (exact) mass is 309 g/mol. The third kappa shape index (κ3) is 1.83. The van der Waals surface area contributed by atoms with Crippen LogP contribution in [0.2, 0.25) is 0 Å². The summed E-state index contributed by atoms with van der Waals surface area (Å²) in [6, 6.07) is 4.62. The van der Waals surface area contributed by atoms with Crippen LogP contribution in [0.25, 0.3) is 21.8 Å². The Labute approximate surface area is 119 Å². The van der Waals surface area contributed by atoms with Gasteiger partial charge in [-0.25, -0.2) is 12.4 Å². The number of fused-ring (bicyclic) bond motifs is 3. The van der Waals surface area contributed by atoms with Crippen molar-refractivity contribution < 1.29 is 28.8 Å². The summed E-state index contributed by atoms with van der Waals surface area (Å²) in [4.78, 5) is 0. The number of aromatic hydroxyl groups is 4. The van der Waals surface area contributed by atoms with Crippen LogP contribution in [0.4, 0.5) is 0 Å². The quantitative estimate of drug-likeness (QED) is 0.505. The molecule has 0 saturated heterocycles. The van der Waals surface area contributed by atoms with Crippen LogP contribution in [-0.2, 0) is 10.0 Å². The van der Waals surface area contributed by atoms with Crippen molar-refractivity contribution in [1.82, 2.24) is 3.97 Å². The minimum absolute atomic E-state index is 0.132. The van der Waals surface area contributed by atoms with E-state index >= 15 is 0 Å². The minimum Gasteiger partial charge on any atom is -0.504 e. The maximum atomic E-state index is 12.0. The van der Waals surface area contributed by atoms with Gasteiger partial charge in [0.25, 0.3) is 0 Å². The van der Waals surface area contributed by atoms with Crippen LogP contribution < -0.4 is 0 Å². The van der Waals surface area contributed by atoms with E-state index in [9.17, 15) is 28.8 Å². The molecule has 1 heterocycles. The molecular weight excluding hydrogens is 298 g/mol. The van der Waals surface area contributed by atoms with Gasteiger partial charge >= 0.3 is 0 Å². The predicted octanol–water partition coefficient (Wildman–Crippen LogP) is 1.42. The molecule has 0 aliphatic rings. The van der Waals surface area contributed by atoms with E-state index in [1.54, 1.807) is 0 Å². The first kappa shape index (κ1) is 13.4. The van der Waals surface area contributed by atoms with Crippen molar-refractivity contribution in [1.29, 1.82) is 0 Å². The van der Waals surface area contributed by atoms with Gasteiger partial charge in [0.15, 0.2) is 23.0 Å². The van der Waals surface area contributed by atoms with Gasteiger partial charge in [0, 0.05) is 22.9 Å². The molecule has 3 rings (SSSR count). The molecule has 2 aromatic carbocycles. The van der Waals surface area contributed by atoms with Crippen molar-refractivity contribution in [2.75, 3.05) is 6.26 Å². The number of hydrogen-bond acceptors (Lipinski definition) is 6.